The van der Waals surface area contributed by atoms with E-state index in [1.807, 2.05) is 24.3 Å². The summed E-state index contributed by atoms with van der Waals surface area (Å²) in [6, 6.07) is 14.1. The fourth-order valence-electron chi connectivity index (χ4n) is 3.01. The molecule has 2 aromatic carbocycles. The van der Waals surface area contributed by atoms with Crippen LogP contribution >= 0.6 is 11.8 Å². The second kappa shape index (κ2) is 8.56. The van der Waals surface area contributed by atoms with Gasteiger partial charge in [0.15, 0.2) is 11.9 Å². The van der Waals surface area contributed by atoms with Crippen LogP contribution in [0.1, 0.15) is 38.0 Å². The number of hydrogen-bond acceptors (Lipinski definition) is 6. The van der Waals surface area contributed by atoms with E-state index in [4.69, 9.17) is 4.74 Å². The van der Waals surface area contributed by atoms with Gasteiger partial charge in [0.05, 0.1) is 0 Å². The van der Waals surface area contributed by atoms with Crippen molar-refractivity contribution in [2.45, 2.75) is 37.6 Å². The molecule has 28 heavy (non-hydrogen) atoms. The summed E-state index contributed by atoms with van der Waals surface area (Å²) < 4.78 is 19.5. The Morgan fingerprint density at radius 1 is 1.07 bits per heavy atom. The van der Waals surface area contributed by atoms with Crippen LogP contribution in [0.4, 0.5) is 10.1 Å². The summed E-state index contributed by atoms with van der Waals surface area (Å²) >= 11 is 1.59. The molecule has 0 saturated heterocycles. The number of benzene rings is 2. The Morgan fingerprint density at radius 2 is 1.89 bits per heavy atom. The van der Waals surface area contributed by atoms with E-state index in [1.165, 1.54) is 25.0 Å². The van der Waals surface area contributed by atoms with E-state index in [0.717, 1.165) is 29.0 Å². The molecule has 0 amide bonds. The number of anilines is 1. The summed E-state index contributed by atoms with van der Waals surface area (Å²) in [7, 11) is 0. The topological polar surface area (TPSA) is 59.9 Å². The molecular formula is C21H21FN4OS. The van der Waals surface area contributed by atoms with Gasteiger partial charge in [-0.3, -0.25) is 0 Å². The molecule has 0 aliphatic carbocycles. The first-order valence-electron chi connectivity index (χ1n) is 9.40. The number of thioether (sulfide) groups is 1. The van der Waals surface area contributed by atoms with Crippen LogP contribution in [0, 0.1) is 5.82 Å². The standard InChI is InChI=1S/C21H21FN4OS/c1-2-3-6-13-28-21-24-20-18(25-26-21)16-7-4-5-8-17(16)23-19(27-20)14-9-11-15(22)12-10-14/h4-5,7-12,19,23H,2-3,6,13H2,1H3/t19-/m1/s1. The first-order valence-corrected chi connectivity index (χ1v) is 10.4. The maximum atomic E-state index is 13.3. The molecule has 1 N–H and O–H groups in total. The second-order valence-electron chi connectivity index (χ2n) is 6.54. The lowest BCUT2D eigenvalue weighted by Gasteiger charge is -2.19. The van der Waals surface area contributed by atoms with Crippen molar-refractivity contribution >= 4 is 17.4 Å². The number of fused-ring (bicyclic) bond motifs is 3. The van der Waals surface area contributed by atoms with Crippen LogP contribution in [-0.2, 0) is 0 Å². The largest absolute Gasteiger partial charge is 0.448 e. The van der Waals surface area contributed by atoms with E-state index >= 15 is 0 Å². The monoisotopic (exact) mass is 396 g/mol. The van der Waals surface area contributed by atoms with Gasteiger partial charge in [0, 0.05) is 22.6 Å². The quantitative estimate of drug-likeness (QED) is 0.441. The summed E-state index contributed by atoms with van der Waals surface area (Å²) in [5.74, 6) is 1.09. The Hall–Kier alpha value is -2.67. The molecule has 7 heteroatoms. The average molecular weight is 396 g/mol. The number of unbranched alkanes of at least 4 members (excludes halogenated alkanes) is 2. The zero-order valence-electron chi connectivity index (χ0n) is 15.6. The van der Waals surface area contributed by atoms with Crippen LogP contribution in [0.3, 0.4) is 0 Å². The summed E-state index contributed by atoms with van der Waals surface area (Å²) in [5.41, 5.74) is 3.16. The lowest BCUT2D eigenvalue weighted by atomic mass is 10.1. The molecule has 0 bridgehead atoms. The Balaban J connectivity index is 1.68. The molecular weight excluding hydrogens is 375 g/mol. The lowest BCUT2D eigenvalue weighted by molar-refractivity contribution is 0.225. The predicted octanol–water partition coefficient (Wildman–Crippen LogP) is 5.46. The summed E-state index contributed by atoms with van der Waals surface area (Å²) in [6.07, 6.45) is 2.98. The van der Waals surface area contributed by atoms with E-state index < -0.39 is 6.23 Å². The molecule has 0 saturated carbocycles. The van der Waals surface area contributed by atoms with E-state index in [1.54, 1.807) is 23.9 Å². The molecule has 1 atom stereocenters. The van der Waals surface area contributed by atoms with Gasteiger partial charge in [-0.2, -0.15) is 4.98 Å². The van der Waals surface area contributed by atoms with Gasteiger partial charge in [-0.1, -0.05) is 61.9 Å². The zero-order valence-corrected chi connectivity index (χ0v) is 16.4. The normalized spacial score (nSPS) is 15.0. The van der Waals surface area contributed by atoms with Crippen LogP contribution in [-0.4, -0.2) is 20.9 Å². The molecule has 0 spiro atoms. The highest BCUT2D eigenvalue weighted by molar-refractivity contribution is 7.99. The Kier molecular flexibility index (Phi) is 5.71. The third-order valence-electron chi connectivity index (χ3n) is 4.49. The molecule has 0 fully saturated rings. The molecule has 3 aromatic rings. The molecule has 1 aliphatic heterocycles. The van der Waals surface area contributed by atoms with E-state index in [2.05, 4.69) is 27.4 Å². The highest BCUT2D eigenvalue weighted by Crippen LogP contribution is 2.39. The summed E-state index contributed by atoms with van der Waals surface area (Å²) in [4.78, 5) is 4.62. The SMILES string of the molecule is CCCCCSc1nnc2c(n1)O[C@H](c1ccc(F)cc1)Nc1ccccc1-2. The number of rotatable bonds is 6. The number of ether oxygens (including phenoxy) is 1. The Morgan fingerprint density at radius 3 is 2.71 bits per heavy atom. The highest BCUT2D eigenvalue weighted by atomic mass is 32.2. The maximum absolute atomic E-state index is 13.3. The number of hydrogen-bond donors (Lipinski definition) is 1. The lowest BCUT2D eigenvalue weighted by Crippen LogP contribution is -2.17. The van der Waals surface area contributed by atoms with Gasteiger partial charge in [0.1, 0.15) is 5.82 Å². The number of nitrogens with zero attached hydrogens (tertiary/aromatic N) is 3. The fourth-order valence-corrected chi connectivity index (χ4v) is 3.79. The van der Waals surface area contributed by atoms with E-state index in [-0.39, 0.29) is 5.82 Å². The van der Waals surface area contributed by atoms with Crippen molar-refractivity contribution in [2.24, 2.45) is 0 Å². The highest BCUT2D eigenvalue weighted by Gasteiger charge is 2.25. The molecule has 1 aromatic heterocycles. The van der Waals surface area contributed by atoms with E-state index in [9.17, 15) is 4.39 Å². The first-order chi connectivity index (χ1) is 13.7. The van der Waals surface area contributed by atoms with Crippen molar-refractivity contribution in [3.63, 3.8) is 0 Å². The molecule has 0 radical (unpaired) electrons. The van der Waals surface area contributed by atoms with Gasteiger partial charge in [0.2, 0.25) is 11.0 Å². The molecule has 0 unspecified atom stereocenters. The van der Waals surface area contributed by atoms with Gasteiger partial charge in [0.25, 0.3) is 0 Å². The van der Waals surface area contributed by atoms with E-state index in [0.29, 0.717) is 16.7 Å². The van der Waals surface area contributed by atoms with Gasteiger partial charge in [-0.15, -0.1) is 10.2 Å². The maximum Gasteiger partial charge on any atom is 0.247 e. The summed E-state index contributed by atoms with van der Waals surface area (Å²) in [6.45, 7) is 2.18. The Bertz CT molecular complexity index is 951. The third-order valence-corrected chi connectivity index (χ3v) is 5.41. The molecule has 4 rings (SSSR count). The zero-order chi connectivity index (χ0) is 19.3. The first kappa shape index (κ1) is 18.7. The van der Waals surface area contributed by atoms with Crippen LogP contribution < -0.4 is 10.1 Å². The third kappa shape index (κ3) is 4.09. The van der Waals surface area contributed by atoms with Gasteiger partial charge in [-0.25, -0.2) is 4.39 Å². The van der Waals surface area contributed by atoms with Crippen LogP contribution in [0.2, 0.25) is 0 Å². The molecule has 5 nitrogen and oxygen atoms in total. The number of aromatic nitrogens is 3. The van der Waals surface area contributed by atoms with Crippen LogP contribution in [0.25, 0.3) is 11.3 Å². The second-order valence-corrected chi connectivity index (χ2v) is 7.61. The van der Waals surface area contributed by atoms with Gasteiger partial charge >= 0.3 is 0 Å². The number of para-hydroxylation sites is 1. The minimum Gasteiger partial charge on any atom is -0.448 e. The van der Waals surface area contributed by atoms with Crippen molar-refractivity contribution in [1.29, 1.82) is 0 Å². The van der Waals surface area contributed by atoms with Gasteiger partial charge < -0.3 is 10.1 Å². The van der Waals surface area contributed by atoms with Crippen molar-refractivity contribution in [2.75, 3.05) is 11.1 Å². The van der Waals surface area contributed by atoms with Crippen molar-refractivity contribution in [3.8, 4) is 17.1 Å². The van der Waals surface area contributed by atoms with Gasteiger partial charge in [-0.05, 0) is 24.6 Å². The average Bonchev–Trinajstić information content (AvgIpc) is 2.88. The minimum absolute atomic E-state index is 0.284. The fraction of sp³-hybridized carbons (Fsp3) is 0.286. The number of nitrogens with one attached hydrogen (secondary N) is 1. The summed E-state index contributed by atoms with van der Waals surface area (Å²) in [5, 5.41) is 12.7. The smallest absolute Gasteiger partial charge is 0.247 e. The molecule has 2 heterocycles. The predicted molar refractivity (Wildman–Crippen MR) is 109 cm³/mol. The molecule has 1 aliphatic rings. The van der Waals surface area contributed by atoms with Crippen LogP contribution in [0.15, 0.2) is 53.7 Å². The minimum atomic E-state index is -0.502. The van der Waals surface area contributed by atoms with Crippen molar-refractivity contribution in [1.82, 2.24) is 15.2 Å². The molecule has 144 valence electrons. The Labute approximate surface area is 167 Å². The van der Waals surface area contributed by atoms with Crippen molar-refractivity contribution in [3.05, 3.63) is 59.9 Å². The van der Waals surface area contributed by atoms with Crippen molar-refractivity contribution < 1.29 is 9.13 Å². The van der Waals surface area contributed by atoms with Crippen LogP contribution in [0.5, 0.6) is 5.88 Å². The number of halogens is 1.